The van der Waals surface area contributed by atoms with Crippen molar-refractivity contribution in [3.05, 3.63) is 41.4 Å². The van der Waals surface area contributed by atoms with Crippen molar-refractivity contribution in [3.8, 4) is 11.4 Å². The number of sulfonamides is 1. The number of aromatic nitrogens is 3. The Labute approximate surface area is 146 Å². The molecule has 0 aliphatic rings. The molecule has 0 spiro atoms. The van der Waals surface area contributed by atoms with Crippen LogP contribution >= 0.6 is 22.9 Å². The molecule has 0 saturated heterocycles. The van der Waals surface area contributed by atoms with Gasteiger partial charge in [-0.3, -0.25) is 0 Å². The minimum Gasteiger partial charge on any atom is -0.361 e. The maximum Gasteiger partial charge on any atom is 0.249 e. The Morgan fingerprint density at radius 1 is 1.29 bits per heavy atom. The molecule has 8 nitrogen and oxygen atoms in total. The SMILES string of the molecule is NS(=O)(=O)c1cnc(NCCc2nc(-c3ccc(Cl)cc3)no2)s1. The first-order valence-electron chi connectivity index (χ1n) is 6.73. The van der Waals surface area contributed by atoms with E-state index in [0.29, 0.717) is 34.8 Å². The zero-order valence-corrected chi connectivity index (χ0v) is 14.5. The van der Waals surface area contributed by atoms with Crippen molar-refractivity contribution in [1.29, 1.82) is 0 Å². The highest BCUT2D eigenvalue weighted by molar-refractivity contribution is 7.91. The molecule has 0 amide bonds. The molecule has 0 unspecified atom stereocenters. The second-order valence-corrected chi connectivity index (χ2v) is 7.98. The van der Waals surface area contributed by atoms with Crippen LogP contribution in [-0.4, -0.2) is 30.1 Å². The summed E-state index contributed by atoms with van der Waals surface area (Å²) in [7, 11) is -3.72. The normalized spacial score (nSPS) is 11.6. The van der Waals surface area contributed by atoms with Gasteiger partial charge in [0.2, 0.25) is 21.7 Å². The summed E-state index contributed by atoms with van der Waals surface area (Å²) in [5.41, 5.74) is 0.806. The van der Waals surface area contributed by atoms with Crippen LogP contribution < -0.4 is 10.5 Å². The number of nitrogens with one attached hydrogen (secondary N) is 1. The monoisotopic (exact) mass is 385 g/mol. The molecule has 3 rings (SSSR count). The summed E-state index contributed by atoms with van der Waals surface area (Å²) in [6, 6.07) is 7.11. The molecule has 2 heterocycles. The molecule has 0 radical (unpaired) electrons. The minimum absolute atomic E-state index is 0.00724. The Kier molecular flexibility index (Phi) is 4.81. The number of halogens is 1. The van der Waals surface area contributed by atoms with Crippen molar-refractivity contribution in [3.63, 3.8) is 0 Å². The third-order valence-electron chi connectivity index (χ3n) is 2.95. The third-order valence-corrected chi connectivity index (χ3v) is 5.57. The Morgan fingerprint density at radius 2 is 2.04 bits per heavy atom. The second kappa shape index (κ2) is 6.85. The maximum absolute atomic E-state index is 11.2. The Morgan fingerprint density at radius 3 is 2.71 bits per heavy atom. The molecule has 1 aromatic carbocycles. The number of nitrogens with two attached hydrogens (primary N) is 1. The van der Waals surface area contributed by atoms with Crippen molar-refractivity contribution in [1.82, 2.24) is 15.1 Å². The molecule has 0 saturated carbocycles. The van der Waals surface area contributed by atoms with Crippen LogP contribution in [0, 0.1) is 0 Å². The quantitative estimate of drug-likeness (QED) is 0.666. The summed E-state index contributed by atoms with van der Waals surface area (Å²) in [6.07, 6.45) is 1.68. The minimum atomic E-state index is -3.72. The van der Waals surface area contributed by atoms with E-state index in [1.807, 2.05) is 0 Å². The van der Waals surface area contributed by atoms with E-state index in [-0.39, 0.29) is 4.21 Å². The van der Waals surface area contributed by atoms with Gasteiger partial charge in [-0.25, -0.2) is 18.5 Å². The van der Waals surface area contributed by atoms with Crippen molar-refractivity contribution in [2.24, 2.45) is 5.14 Å². The van der Waals surface area contributed by atoms with Crippen LogP contribution in [0.25, 0.3) is 11.4 Å². The number of thiazole rings is 1. The van der Waals surface area contributed by atoms with Gasteiger partial charge in [0.05, 0.1) is 6.20 Å². The summed E-state index contributed by atoms with van der Waals surface area (Å²) in [4.78, 5) is 8.24. The molecule has 126 valence electrons. The molecule has 0 aliphatic heterocycles. The highest BCUT2D eigenvalue weighted by Gasteiger charge is 2.13. The van der Waals surface area contributed by atoms with Crippen molar-refractivity contribution < 1.29 is 12.9 Å². The number of primary sulfonamides is 1. The van der Waals surface area contributed by atoms with E-state index < -0.39 is 10.0 Å². The summed E-state index contributed by atoms with van der Waals surface area (Å²) in [5, 5.41) is 13.0. The molecule has 0 atom stereocenters. The first kappa shape index (κ1) is 16.8. The maximum atomic E-state index is 11.2. The molecular formula is C13H12ClN5O3S2. The van der Waals surface area contributed by atoms with Gasteiger partial charge in [0.1, 0.15) is 0 Å². The van der Waals surface area contributed by atoms with Gasteiger partial charge in [-0.2, -0.15) is 4.98 Å². The predicted molar refractivity (Wildman–Crippen MR) is 90.4 cm³/mol. The van der Waals surface area contributed by atoms with Gasteiger partial charge in [-0.1, -0.05) is 28.1 Å². The number of nitrogens with zero attached hydrogens (tertiary/aromatic N) is 3. The van der Waals surface area contributed by atoms with Crippen LogP contribution in [0.5, 0.6) is 0 Å². The molecular weight excluding hydrogens is 374 g/mol. The lowest BCUT2D eigenvalue weighted by Gasteiger charge is -1.98. The van der Waals surface area contributed by atoms with E-state index in [0.717, 1.165) is 16.9 Å². The number of hydrogen-bond donors (Lipinski definition) is 2. The van der Waals surface area contributed by atoms with Gasteiger partial charge in [-0.05, 0) is 24.3 Å². The molecule has 2 aromatic heterocycles. The second-order valence-electron chi connectivity index (χ2n) is 4.72. The van der Waals surface area contributed by atoms with E-state index >= 15 is 0 Å². The van der Waals surface area contributed by atoms with E-state index in [9.17, 15) is 8.42 Å². The fourth-order valence-electron chi connectivity index (χ4n) is 1.82. The molecule has 11 heteroatoms. The van der Waals surface area contributed by atoms with Crippen LogP contribution in [0.1, 0.15) is 5.89 Å². The Balaban J connectivity index is 1.58. The van der Waals surface area contributed by atoms with Crippen molar-refractivity contribution in [2.45, 2.75) is 10.6 Å². The Bertz CT molecular complexity index is 937. The van der Waals surface area contributed by atoms with E-state index in [4.69, 9.17) is 21.3 Å². The Hall–Kier alpha value is -2.01. The largest absolute Gasteiger partial charge is 0.361 e. The molecule has 3 N–H and O–H groups in total. The van der Waals surface area contributed by atoms with Crippen LogP contribution in [0.3, 0.4) is 0 Å². The lowest BCUT2D eigenvalue weighted by Crippen LogP contribution is -2.10. The van der Waals surface area contributed by atoms with Gasteiger partial charge in [-0.15, -0.1) is 0 Å². The van der Waals surface area contributed by atoms with Gasteiger partial charge < -0.3 is 9.84 Å². The molecule has 3 aromatic rings. The van der Waals surface area contributed by atoms with Crippen LogP contribution in [-0.2, 0) is 16.4 Å². The topological polar surface area (TPSA) is 124 Å². The zero-order valence-electron chi connectivity index (χ0n) is 12.1. The van der Waals surface area contributed by atoms with E-state index in [1.54, 1.807) is 24.3 Å². The number of rotatable bonds is 6. The smallest absolute Gasteiger partial charge is 0.249 e. The predicted octanol–water partition coefficient (Wildman–Crippen LogP) is 2.15. The third kappa shape index (κ3) is 4.09. The first-order chi connectivity index (χ1) is 11.4. The summed E-state index contributed by atoms with van der Waals surface area (Å²) in [5.74, 6) is 0.933. The standard InChI is InChI=1S/C13H12ClN5O3S2/c14-9-3-1-8(2-4-9)12-18-10(22-19-12)5-6-16-13-17-7-11(23-13)24(15,20)21/h1-4,7H,5-6H2,(H,16,17)(H2,15,20,21). The summed E-state index contributed by atoms with van der Waals surface area (Å²) >= 11 is 6.80. The van der Waals surface area contributed by atoms with Crippen LogP contribution in [0.2, 0.25) is 5.02 Å². The van der Waals surface area contributed by atoms with Crippen LogP contribution in [0.15, 0.2) is 39.2 Å². The average Bonchev–Trinajstić information content (AvgIpc) is 3.17. The van der Waals surface area contributed by atoms with Gasteiger partial charge in [0.15, 0.2) is 9.34 Å². The van der Waals surface area contributed by atoms with Gasteiger partial charge in [0.25, 0.3) is 0 Å². The summed E-state index contributed by atoms with van der Waals surface area (Å²) < 4.78 is 27.5. The first-order valence-corrected chi connectivity index (χ1v) is 9.47. The lowest BCUT2D eigenvalue weighted by atomic mass is 10.2. The van der Waals surface area contributed by atoms with Gasteiger partial charge in [0, 0.05) is 23.6 Å². The lowest BCUT2D eigenvalue weighted by molar-refractivity contribution is 0.381. The van der Waals surface area contributed by atoms with E-state index in [1.165, 1.54) is 6.20 Å². The highest BCUT2D eigenvalue weighted by atomic mass is 35.5. The van der Waals surface area contributed by atoms with Crippen molar-refractivity contribution in [2.75, 3.05) is 11.9 Å². The average molecular weight is 386 g/mol. The number of benzene rings is 1. The van der Waals surface area contributed by atoms with Gasteiger partial charge >= 0.3 is 0 Å². The van der Waals surface area contributed by atoms with E-state index in [2.05, 4.69) is 20.4 Å². The molecule has 24 heavy (non-hydrogen) atoms. The van der Waals surface area contributed by atoms with Crippen LogP contribution in [0.4, 0.5) is 5.13 Å². The zero-order chi connectivity index (χ0) is 17.2. The summed E-state index contributed by atoms with van der Waals surface area (Å²) in [6.45, 7) is 0.458. The number of anilines is 1. The molecule has 0 bridgehead atoms. The highest BCUT2D eigenvalue weighted by Crippen LogP contribution is 2.22. The van der Waals surface area contributed by atoms with Crippen molar-refractivity contribution >= 4 is 38.1 Å². The fourth-order valence-corrected chi connectivity index (χ4v) is 3.42. The number of hydrogen-bond acceptors (Lipinski definition) is 8. The molecule has 0 aliphatic carbocycles. The molecule has 0 fully saturated rings. The fraction of sp³-hybridized carbons (Fsp3) is 0.154.